The lowest BCUT2D eigenvalue weighted by Crippen LogP contribution is -2.23. The van der Waals surface area contributed by atoms with Gasteiger partial charge in [0.1, 0.15) is 0 Å². The Balaban J connectivity index is 2.34. The number of hydrogen-bond acceptors (Lipinski definition) is 0. The van der Waals surface area contributed by atoms with E-state index in [0.29, 0.717) is 11.3 Å². The van der Waals surface area contributed by atoms with Crippen LogP contribution in [-0.2, 0) is 12.8 Å². The second kappa shape index (κ2) is 3.10. The van der Waals surface area contributed by atoms with Crippen molar-refractivity contribution in [2.24, 2.45) is 5.92 Å². The molecule has 0 aliphatic heterocycles. The summed E-state index contributed by atoms with van der Waals surface area (Å²) in [5, 5.41) is 0.333. The third-order valence-corrected chi connectivity index (χ3v) is 3.28. The molecule has 0 fully saturated rings. The molecule has 1 aromatic carbocycles. The monoisotopic (exact) mass is 180 g/mol. The third-order valence-electron chi connectivity index (χ3n) is 2.69. The summed E-state index contributed by atoms with van der Waals surface area (Å²) in [6.45, 7) is 2.23. The van der Waals surface area contributed by atoms with E-state index >= 15 is 0 Å². The number of fused-ring (bicyclic) bond motifs is 1. The van der Waals surface area contributed by atoms with Crippen LogP contribution in [0.25, 0.3) is 0 Å². The van der Waals surface area contributed by atoms with Gasteiger partial charge in [-0.3, -0.25) is 0 Å². The summed E-state index contributed by atoms with van der Waals surface area (Å²) in [5.74, 6) is 0.626. The van der Waals surface area contributed by atoms with Crippen molar-refractivity contribution in [3.63, 3.8) is 0 Å². The lowest BCUT2D eigenvalue weighted by atomic mass is 9.85. The van der Waals surface area contributed by atoms with E-state index in [2.05, 4.69) is 31.2 Å². The molecule has 2 rings (SSSR count). The van der Waals surface area contributed by atoms with Crippen LogP contribution in [0.2, 0.25) is 0 Å². The highest BCUT2D eigenvalue weighted by Crippen LogP contribution is 2.28. The van der Waals surface area contributed by atoms with E-state index in [1.807, 2.05) is 0 Å². The van der Waals surface area contributed by atoms with Crippen LogP contribution in [0, 0.1) is 5.92 Å². The maximum Gasteiger partial charge on any atom is 0.0405 e. The zero-order valence-corrected chi connectivity index (χ0v) is 8.01. The molecule has 64 valence electrons. The number of hydrogen-bond donors (Lipinski definition) is 0. The predicted molar refractivity (Wildman–Crippen MR) is 52.7 cm³/mol. The second-order valence-electron chi connectivity index (χ2n) is 3.67. The lowest BCUT2D eigenvalue weighted by molar-refractivity contribution is 0.510. The number of halogens is 1. The molecule has 0 aromatic heterocycles. The maximum absolute atomic E-state index is 6.19. The van der Waals surface area contributed by atoms with Gasteiger partial charge in [0.25, 0.3) is 0 Å². The molecule has 1 heteroatoms. The molecule has 2 atom stereocenters. The van der Waals surface area contributed by atoms with Gasteiger partial charge in [0.2, 0.25) is 0 Å². The minimum absolute atomic E-state index is 0.333. The Hall–Kier alpha value is -0.490. The van der Waals surface area contributed by atoms with Crippen LogP contribution in [0.3, 0.4) is 0 Å². The molecule has 2 unspecified atom stereocenters. The zero-order chi connectivity index (χ0) is 8.55. The van der Waals surface area contributed by atoms with Gasteiger partial charge in [-0.05, 0) is 29.9 Å². The largest absolute Gasteiger partial charge is 0.122 e. The van der Waals surface area contributed by atoms with Crippen molar-refractivity contribution >= 4 is 11.6 Å². The normalized spacial score (nSPS) is 28.2. The second-order valence-corrected chi connectivity index (χ2v) is 4.23. The highest BCUT2D eigenvalue weighted by Gasteiger charge is 2.22. The van der Waals surface area contributed by atoms with Crippen LogP contribution in [0.15, 0.2) is 24.3 Å². The van der Waals surface area contributed by atoms with Crippen molar-refractivity contribution < 1.29 is 0 Å². The minimum atomic E-state index is 0.333. The minimum Gasteiger partial charge on any atom is -0.122 e. The first kappa shape index (κ1) is 8.12. The number of rotatable bonds is 0. The molecule has 1 aliphatic carbocycles. The first-order chi connectivity index (χ1) is 5.77. The highest BCUT2D eigenvalue weighted by molar-refractivity contribution is 6.21. The summed E-state index contributed by atoms with van der Waals surface area (Å²) >= 11 is 6.19. The third kappa shape index (κ3) is 1.36. The molecule has 12 heavy (non-hydrogen) atoms. The standard InChI is InChI=1S/C11H13Cl/c1-8-6-9-4-2-3-5-10(9)7-11(8)12/h2-5,8,11H,6-7H2,1H3. The van der Waals surface area contributed by atoms with E-state index < -0.39 is 0 Å². The number of alkyl halides is 1. The molecule has 0 saturated carbocycles. The van der Waals surface area contributed by atoms with Crippen LogP contribution in [-0.4, -0.2) is 5.38 Å². The molecule has 0 bridgehead atoms. The SMILES string of the molecule is CC1Cc2ccccc2CC1Cl. The smallest absolute Gasteiger partial charge is 0.0405 e. The van der Waals surface area contributed by atoms with Crippen molar-refractivity contribution in [1.29, 1.82) is 0 Å². The van der Waals surface area contributed by atoms with Gasteiger partial charge in [0.15, 0.2) is 0 Å². The summed E-state index contributed by atoms with van der Waals surface area (Å²) in [6.07, 6.45) is 2.18. The Morgan fingerprint density at radius 2 is 1.75 bits per heavy atom. The first-order valence-corrected chi connectivity index (χ1v) is 4.92. The van der Waals surface area contributed by atoms with Crippen LogP contribution < -0.4 is 0 Å². The topological polar surface area (TPSA) is 0 Å². The van der Waals surface area contributed by atoms with Crippen LogP contribution >= 0.6 is 11.6 Å². The fourth-order valence-electron chi connectivity index (χ4n) is 1.84. The Bertz CT molecular complexity index is 251. The van der Waals surface area contributed by atoms with Gasteiger partial charge >= 0.3 is 0 Å². The fraction of sp³-hybridized carbons (Fsp3) is 0.455. The zero-order valence-electron chi connectivity index (χ0n) is 7.26. The summed E-state index contributed by atoms with van der Waals surface area (Å²) in [7, 11) is 0. The van der Waals surface area contributed by atoms with Crippen molar-refractivity contribution in [2.45, 2.75) is 25.1 Å². The molecule has 0 nitrogen and oxygen atoms in total. The van der Waals surface area contributed by atoms with E-state index in [1.165, 1.54) is 11.1 Å². The molecular weight excluding hydrogens is 168 g/mol. The first-order valence-electron chi connectivity index (χ1n) is 4.48. The van der Waals surface area contributed by atoms with Crippen molar-refractivity contribution in [3.05, 3.63) is 35.4 Å². The lowest BCUT2D eigenvalue weighted by Gasteiger charge is -2.26. The van der Waals surface area contributed by atoms with Crippen molar-refractivity contribution in [3.8, 4) is 0 Å². The van der Waals surface area contributed by atoms with E-state index in [9.17, 15) is 0 Å². The van der Waals surface area contributed by atoms with Gasteiger partial charge in [0.05, 0.1) is 0 Å². The average molecular weight is 181 g/mol. The van der Waals surface area contributed by atoms with E-state index in [1.54, 1.807) is 0 Å². The van der Waals surface area contributed by atoms with Crippen LogP contribution in [0.4, 0.5) is 0 Å². The van der Waals surface area contributed by atoms with Crippen molar-refractivity contribution in [2.75, 3.05) is 0 Å². The maximum atomic E-state index is 6.19. The molecule has 1 aromatic rings. The Morgan fingerprint density at radius 3 is 2.42 bits per heavy atom. The van der Waals surface area contributed by atoms with Crippen LogP contribution in [0.5, 0.6) is 0 Å². The molecule has 0 saturated heterocycles. The molecule has 0 radical (unpaired) electrons. The Kier molecular flexibility index (Phi) is 2.10. The predicted octanol–water partition coefficient (Wildman–Crippen LogP) is 3.03. The van der Waals surface area contributed by atoms with Gasteiger partial charge in [0, 0.05) is 5.38 Å². The molecular formula is C11H13Cl. The quantitative estimate of drug-likeness (QED) is 0.539. The molecule has 0 N–H and O–H groups in total. The van der Waals surface area contributed by atoms with E-state index in [-0.39, 0.29) is 0 Å². The van der Waals surface area contributed by atoms with Crippen molar-refractivity contribution in [1.82, 2.24) is 0 Å². The molecule has 0 amide bonds. The van der Waals surface area contributed by atoms with E-state index in [0.717, 1.165) is 12.8 Å². The van der Waals surface area contributed by atoms with Gasteiger partial charge in [-0.15, -0.1) is 11.6 Å². The van der Waals surface area contributed by atoms with Gasteiger partial charge in [-0.25, -0.2) is 0 Å². The van der Waals surface area contributed by atoms with Gasteiger partial charge < -0.3 is 0 Å². The van der Waals surface area contributed by atoms with Gasteiger partial charge in [-0.1, -0.05) is 31.2 Å². The van der Waals surface area contributed by atoms with Gasteiger partial charge in [-0.2, -0.15) is 0 Å². The Morgan fingerprint density at radius 1 is 1.17 bits per heavy atom. The molecule has 1 aliphatic rings. The van der Waals surface area contributed by atoms with E-state index in [4.69, 9.17) is 11.6 Å². The summed E-state index contributed by atoms with van der Waals surface area (Å²) < 4.78 is 0. The Labute approximate surface area is 78.6 Å². The fourth-order valence-corrected chi connectivity index (χ4v) is 2.10. The van der Waals surface area contributed by atoms with Crippen LogP contribution in [0.1, 0.15) is 18.1 Å². The average Bonchev–Trinajstić information content (AvgIpc) is 2.07. The summed E-state index contributed by atoms with van der Waals surface area (Å²) in [6, 6.07) is 8.61. The number of benzene rings is 1. The summed E-state index contributed by atoms with van der Waals surface area (Å²) in [4.78, 5) is 0. The molecule has 0 spiro atoms. The highest BCUT2D eigenvalue weighted by atomic mass is 35.5. The summed E-state index contributed by atoms with van der Waals surface area (Å²) in [5.41, 5.74) is 2.93. The molecule has 0 heterocycles.